The molecular formula is C32H26ClFN4O3S. The zero-order chi connectivity index (χ0) is 29.3. The molecule has 0 saturated heterocycles. The van der Waals surface area contributed by atoms with Crippen LogP contribution in [0, 0.1) is 5.82 Å². The summed E-state index contributed by atoms with van der Waals surface area (Å²) in [7, 11) is 0. The minimum Gasteiger partial charge on any atom is -0.490 e. The summed E-state index contributed by atoms with van der Waals surface area (Å²) in [6.45, 7) is 2.18. The largest absolute Gasteiger partial charge is 0.490 e. The van der Waals surface area contributed by atoms with E-state index in [1.165, 1.54) is 23.6 Å². The first kappa shape index (κ1) is 28.8. The van der Waals surface area contributed by atoms with Gasteiger partial charge in [0.05, 0.1) is 23.5 Å². The third-order valence-corrected chi connectivity index (χ3v) is 7.05. The number of ether oxygens (including phenoxy) is 2. The van der Waals surface area contributed by atoms with Gasteiger partial charge in [-0.3, -0.25) is 4.79 Å². The first-order chi connectivity index (χ1) is 20.5. The summed E-state index contributed by atoms with van der Waals surface area (Å²) < 4.78 is 25.5. The van der Waals surface area contributed by atoms with Crippen molar-refractivity contribution < 1.29 is 18.7 Å². The highest BCUT2D eigenvalue weighted by molar-refractivity contribution is 7.14. The number of amides is 1. The number of hydrazone groups is 1. The van der Waals surface area contributed by atoms with Crippen LogP contribution < -0.4 is 20.2 Å². The van der Waals surface area contributed by atoms with Crippen molar-refractivity contribution in [3.63, 3.8) is 0 Å². The SMILES string of the molecule is CCOc1cc(/C=N\NC(=O)c2ccc(-c3csc(Nc4ccccc4)n3)cc2)cc(Cl)c1OCc1ccccc1F. The van der Waals surface area contributed by atoms with Gasteiger partial charge in [0.25, 0.3) is 5.91 Å². The van der Waals surface area contributed by atoms with Crippen molar-refractivity contribution in [2.75, 3.05) is 11.9 Å². The van der Waals surface area contributed by atoms with Crippen LogP contribution in [-0.2, 0) is 6.61 Å². The van der Waals surface area contributed by atoms with E-state index in [1.54, 1.807) is 42.5 Å². The van der Waals surface area contributed by atoms with Crippen LogP contribution in [0.3, 0.4) is 0 Å². The van der Waals surface area contributed by atoms with Crippen LogP contribution >= 0.6 is 22.9 Å². The van der Waals surface area contributed by atoms with Gasteiger partial charge in [-0.05, 0) is 55.0 Å². The van der Waals surface area contributed by atoms with Crippen LogP contribution in [0.1, 0.15) is 28.4 Å². The summed E-state index contributed by atoms with van der Waals surface area (Å²) in [5, 5.41) is 10.4. The molecule has 1 aromatic heterocycles. The molecule has 1 heterocycles. The van der Waals surface area contributed by atoms with Gasteiger partial charge in [0.2, 0.25) is 0 Å². The predicted octanol–water partition coefficient (Wildman–Crippen LogP) is 8.09. The summed E-state index contributed by atoms with van der Waals surface area (Å²) in [4.78, 5) is 17.3. The highest BCUT2D eigenvalue weighted by Crippen LogP contribution is 2.37. The number of halogens is 2. The Labute approximate surface area is 251 Å². The Morgan fingerprint density at radius 3 is 2.55 bits per heavy atom. The van der Waals surface area contributed by atoms with Crippen LogP contribution in [0.15, 0.2) is 101 Å². The van der Waals surface area contributed by atoms with Crippen molar-refractivity contribution in [3.05, 3.63) is 124 Å². The Kier molecular flexibility index (Phi) is 9.43. The topological polar surface area (TPSA) is 84.8 Å². The molecule has 0 unspecified atom stereocenters. The summed E-state index contributed by atoms with van der Waals surface area (Å²) in [5.41, 5.74) is 6.62. The maximum atomic E-state index is 14.0. The number of aromatic nitrogens is 1. The van der Waals surface area contributed by atoms with E-state index in [1.807, 2.05) is 54.8 Å². The minimum atomic E-state index is -0.372. The van der Waals surface area contributed by atoms with Crippen molar-refractivity contribution in [3.8, 4) is 22.8 Å². The fourth-order valence-electron chi connectivity index (χ4n) is 3.96. The van der Waals surface area contributed by atoms with Crippen LogP contribution in [0.5, 0.6) is 11.5 Å². The van der Waals surface area contributed by atoms with E-state index in [-0.39, 0.29) is 23.4 Å². The summed E-state index contributed by atoms with van der Waals surface area (Å²) >= 11 is 7.97. The van der Waals surface area contributed by atoms with Gasteiger partial charge in [0.1, 0.15) is 12.4 Å². The molecule has 0 bridgehead atoms. The van der Waals surface area contributed by atoms with Crippen molar-refractivity contribution in [2.24, 2.45) is 5.10 Å². The van der Waals surface area contributed by atoms with Crippen LogP contribution in [0.2, 0.25) is 5.02 Å². The van der Waals surface area contributed by atoms with Gasteiger partial charge < -0.3 is 14.8 Å². The Balaban J connectivity index is 1.20. The van der Waals surface area contributed by atoms with Crippen molar-refractivity contribution in [1.82, 2.24) is 10.4 Å². The summed E-state index contributed by atoms with van der Waals surface area (Å²) in [5.74, 6) is -0.0578. The van der Waals surface area contributed by atoms with Gasteiger partial charge in [-0.2, -0.15) is 5.10 Å². The third kappa shape index (κ3) is 7.31. The molecule has 212 valence electrons. The monoisotopic (exact) mass is 600 g/mol. The number of para-hydroxylation sites is 1. The molecule has 5 aromatic rings. The third-order valence-electron chi connectivity index (χ3n) is 6.01. The van der Waals surface area contributed by atoms with Crippen molar-refractivity contribution in [1.29, 1.82) is 0 Å². The Morgan fingerprint density at radius 1 is 1.02 bits per heavy atom. The molecule has 0 radical (unpaired) electrons. The smallest absolute Gasteiger partial charge is 0.271 e. The van der Waals surface area contributed by atoms with Gasteiger partial charge >= 0.3 is 0 Å². The number of rotatable bonds is 11. The van der Waals surface area contributed by atoms with Crippen LogP contribution in [0.4, 0.5) is 15.2 Å². The lowest BCUT2D eigenvalue weighted by atomic mass is 10.1. The maximum Gasteiger partial charge on any atom is 0.271 e. The average molecular weight is 601 g/mol. The first-order valence-corrected chi connectivity index (χ1v) is 14.3. The molecule has 0 fully saturated rings. The molecule has 0 aliphatic heterocycles. The van der Waals surface area contributed by atoms with Gasteiger partial charge in [0.15, 0.2) is 16.6 Å². The molecular weight excluding hydrogens is 575 g/mol. The van der Waals surface area contributed by atoms with E-state index >= 15 is 0 Å². The van der Waals surface area contributed by atoms with E-state index in [9.17, 15) is 9.18 Å². The molecule has 0 aliphatic rings. The van der Waals surface area contributed by atoms with Gasteiger partial charge in [-0.15, -0.1) is 11.3 Å². The van der Waals surface area contributed by atoms with Gasteiger partial charge in [-0.1, -0.05) is 60.1 Å². The Morgan fingerprint density at radius 2 is 1.79 bits per heavy atom. The molecule has 4 aromatic carbocycles. The molecule has 0 spiro atoms. The van der Waals surface area contributed by atoms with E-state index < -0.39 is 0 Å². The number of nitrogens with zero attached hydrogens (tertiary/aromatic N) is 2. The first-order valence-electron chi connectivity index (χ1n) is 13.0. The predicted molar refractivity (Wildman–Crippen MR) is 166 cm³/mol. The molecule has 10 heteroatoms. The number of thiazole rings is 1. The Hall–Kier alpha value is -4.73. The minimum absolute atomic E-state index is 0.0110. The molecule has 0 aliphatic carbocycles. The summed E-state index contributed by atoms with van der Waals surface area (Å²) in [6.07, 6.45) is 1.46. The van der Waals surface area contributed by atoms with Crippen LogP contribution in [0.25, 0.3) is 11.3 Å². The highest BCUT2D eigenvalue weighted by atomic mass is 35.5. The number of nitrogens with one attached hydrogen (secondary N) is 2. The second kappa shape index (κ2) is 13.8. The fraction of sp³-hybridized carbons (Fsp3) is 0.0938. The molecule has 0 atom stereocenters. The second-order valence-corrected chi connectivity index (χ2v) is 10.2. The fourth-order valence-corrected chi connectivity index (χ4v) is 4.98. The molecule has 7 nitrogen and oxygen atoms in total. The lowest BCUT2D eigenvalue weighted by Crippen LogP contribution is -2.17. The summed E-state index contributed by atoms with van der Waals surface area (Å²) in [6, 6.07) is 26.6. The van der Waals surface area contributed by atoms with Crippen molar-refractivity contribution in [2.45, 2.75) is 13.5 Å². The lowest BCUT2D eigenvalue weighted by molar-refractivity contribution is 0.0955. The zero-order valence-corrected chi connectivity index (χ0v) is 24.1. The number of anilines is 2. The number of carbonyl (C=O) groups is 1. The zero-order valence-electron chi connectivity index (χ0n) is 22.5. The molecule has 2 N–H and O–H groups in total. The van der Waals surface area contributed by atoms with E-state index in [0.717, 1.165) is 22.1 Å². The second-order valence-electron chi connectivity index (χ2n) is 8.95. The van der Waals surface area contributed by atoms with Gasteiger partial charge in [0, 0.05) is 27.8 Å². The van der Waals surface area contributed by atoms with Gasteiger partial charge in [-0.25, -0.2) is 14.8 Å². The average Bonchev–Trinajstić information content (AvgIpc) is 3.47. The van der Waals surface area contributed by atoms with E-state index in [4.69, 9.17) is 21.1 Å². The standard InChI is InChI=1S/C32H26ClFN4O3S/c1-2-40-29-17-21(16-26(33)30(29)41-19-24-8-6-7-11-27(24)34)18-35-38-31(39)23-14-12-22(13-15-23)28-20-42-32(37-28)36-25-9-4-3-5-10-25/h3-18,20H,2,19H2,1H3,(H,36,37)(H,38,39)/b35-18-. The number of carbonyl (C=O) groups excluding carboxylic acids is 1. The molecule has 1 amide bonds. The highest BCUT2D eigenvalue weighted by Gasteiger charge is 2.14. The maximum absolute atomic E-state index is 14.0. The normalized spacial score (nSPS) is 10.9. The molecule has 42 heavy (non-hydrogen) atoms. The van der Waals surface area contributed by atoms with Crippen molar-refractivity contribution >= 4 is 45.9 Å². The van der Waals surface area contributed by atoms with E-state index in [2.05, 4.69) is 20.8 Å². The molecule has 0 saturated carbocycles. The van der Waals surface area contributed by atoms with E-state index in [0.29, 0.717) is 34.8 Å². The van der Waals surface area contributed by atoms with Crippen LogP contribution in [-0.4, -0.2) is 23.7 Å². The number of hydrogen-bond acceptors (Lipinski definition) is 7. The number of benzene rings is 4. The molecule has 5 rings (SSSR count). The quantitative estimate of drug-likeness (QED) is 0.118. The lowest BCUT2D eigenvalue weighted by Gasteiger charge is -2.14. The number of hydrogen-bond donors (Lipinski definition) is 2. The Bertz CT molecular complexity index is 1690.